The van der Waals surface area contributed by atoms with E-state index in [4.69, 9.17) is 4.42 Å². The number of rotatable bonds is 6. The highest BCUT2D eigenvalue weighted by molar-refractivity contribution is 7.99. The molecule has 3 aromatic rings. The van der Waals surface area contributed by atoms with Crippen LogP contribution < -0.4 is 0 Å². The molecule has 22 heavy (non-hydrogen) atoms. The summed E-state index contributed by atoms with van der Waals surface area (Å²) >= 11 is 3.27. The van der Waals surface area contributed by atoms with Gasteiger partial charge in [0.1, 0.15) is 0 Å². The van der Waals surface area contributed by atoms with E-state index in [0.717, 1.165) is 5.75 Å². The molecule has 0 aliphatic rings. The van der Waals surface area contributed by atoms with Crippen molar-refractivity contribution in [2.45, 2.75) is 16.2 Å². The van der Waals surface area contributed by atoms with Crippen molar-refractivity contribution in [1.29, 1.82) is 0 Å². The van der Waals surface area contributed by atoms with E-state index >= 15 is 0 Å². The molecular weight excluding hydrogens is 312 g/mol. The Morgan fingerprint density at radius 1 is 0.909 bits per heavy atom. The largest absolute Gasteiger partial charge is 0.415 e. The Morgan fingerprint density at radius 2 is 1.50 bits per heavy atom. The quantitative estimate of drug-likeness (QED) is 0.607. The molecule has 0 saturated heterocycles. The van der Waals surface area contributed by atoms with Crippen LogP contribution in [0.2, 0.25) is 0 Å². The normalized spacial score (nSPS) is 11.0. The van der Waals surface area contributed by atoms with Gasteiger partial charge in [-0.1, -0.05) is 72.4 Å². The third-order valence-corrected chi connectivity index (χ3v) is 4.82. The summed E-state index contributed by atoms with van der Waals surface area (Å²) in [5.74, 6) is 1.42. The summed E-state index contributed by atoms with van der Waals surface area (Å²) in [5, 5.41) is 9.00. The summed E-state index contributed by atoms with van der Waals surface area (Å²) in [4.78, 5) is 0. The van der Waals surface area contributed by atoms with Crippen LogP contribution in [-0.2, 0) is 5.75 Å². The number of hydrogen-bond acceptors (Lipinski definition) is 5. The van der Waals surface area contributed by atoms with Gasteiger partial charge in [-0.05, 0) is 17.4 Å². The van der Waals surface area contributed by atoms with Gasteiger partial charge in [0.05, 0.1) is 11.0 Å². The van der Waals surface area contributed by atoms with Gasteiger partial charge in [-0.25, -0.2) is 0 Å². The number of thioether (sulfide) groups is 2. The van der Waals surface area contributed by atoms with Gasteiger partial charge < -0.3 is 4.42 Å². The fourth-order valence-corrected chi connectivity index (χ4v) is 3.54. The first-order valence-corrected chi connectivity index (χ1v) is 9.22. The van der Waals surface area contributed by atoms with E-state index in [9.17, 15) is 0 Å². The van der Waals surface area contributed by atoms with E-state index < -0.39 is 0 Å². The van der Waals surface area contributed by atoms with E-state index in [0.29, 0.717) is 11.1 Å². The summed E-state index contributed by atoms with van der Waals surface area (Å²) in [7, 11) is 0. The molecule has 0 aliphatic heterocycles. The first-order valence-electron chi connectivity index (χ1n) is 6.94. The summed E-state index contributed by atoms with van der Waals surface area (Å²) < 4.78 is 5.72. The van der Waals surface area contributed by atoms with E-state index in [2.05, 4.69) is 58.7 Å². The lowest BCUT2D eigenvalue weighted by atomic mass is 10.0. The highest BCUT2D eigenvalue weighted by Gasteiger charge is 2.19. The summed E-state index contributed by atoms with van der Waals surface area (Å²) in [6.07, 6.45) is 2.02. The Labute approximate surface area is 138 Å². The van der Waals surface area contributed by atoms with Crippen LogP contribution in [0.3, 0.4) is 0 Å². The molecule has 3 rings (SSSR count). The fraction of sp³-hybridized carbons (Fsp3) is 0.176. The Kier molecular flexibility index (Phi) is 5.19. The molecule has 2 aromatic carbocycles. The maximum absolute atomic E-state index is 5.72. The van der Waals surface area contributed by atoms with Crippen LogP contribution in [0.1, 0.15) is 22.3 Å². The Bertz CT molecular complexity index is 661. The van der Waals surface area contributed by atoms with Crippen molar-refractivity contribution in [2.24, 2.45) is 0 Å². The van der Waals surface area contributed by atoms with Crippen LogP contribution in [0, 0.1) is 0 Å². The van der Waals surface area contributed by atoms with Crippen molar-refractivity contribution in [3.8, 4) is 0 Å². The molecule has 0 amide bonds. The number of aromatic nitrogens is 2. The SMILES string of the molecule is CSCc1nnc(SC(c2ccccc2)c2ccccc2)o1. The zero-order chi connectivity index (χ0) is 15.2. The molecule has 0 aliphatic carbocycles. The van der Waals surface area contributed by atoms with Gasteiger partial charge in [-0.15, -0.1) is 10.2 Å². The van der Waals surface area contributed by atoms with Gasteiger partial charge in [0.2, 0.25) is 5.89 Å². The van der Waals surface area contributed by atoms with Crippen LogP contribution in [0.5, 0.6) is 0 Å². The van der Waals surface area contributed by atoms with E-state index in [1.165, 1.54) is 11.1 Å². The van der Waals surface area contributed by atoms with E-state index in [1.807, 2.05) is 18.4 Å². The lowest BCUT2D eigenvalue weighted by molar-refractivity contribution is 0.426. The van der Waals surface area contributed by atoms with Gasteiger partial charge in [-0.2, -0.15) is 11.8 Å². The van der Waals surface area contributed by atoms with E-state index in [-0.39, 0.29) is 5.25 Å². The lowest BCUT2D eigenvalue weighted by Crippen LogP contribution is -1.96. The van der Waals surface area contributed by atoms with Gasteiger partial charge in [0.25, 0.3) is 5.22 Å². The molecule has 1 heterocycles. The number of nitrogens with zero attached hydrogens (tertiary/aromatic N) is 2. The minimum atomic E-state index is 0.143. The Balaban J connectivity index is 1.88. The molecule has 112 valence electrons. The summed E-state index contributed by atoms with van der Waals surface area (Å²) in [6, 6.07) is 20.8. The van der Waals surface area contributed by atoms with Gasteiger partial charge >= 0.3 is 0 Å². The van der Waals surface area contributed by atoms with Crippen LogP contribution in [0.4, 0.5) is 0 Å². The highest BCUT2D eigenvalue weighted by Crippen LogP contribution is 2.39. The third kappa shape index (κ3) is 3.72. The molecule has 0 bridgehead atoms. The molecule has 0 unspecified atom stereocenters. The molecule has 0 atom stereocenters. The maximum atomic E-state index is 5.72. The average Bonchev–Trinajstić information content (AvgIpc) is 3.02. The molecule has 0 spiro atoms. The van der Waals surface area contributed by atoms with Crippen LogP contribution in [-0.4, -0.2) is 16.5 Å². The maximum Gasteiger partial charge on any atom is 0.277 e. The first kappa shape index (κ1) is 15.2. The minimum absolute atomic E-state index is 0.143. The van der Waals surface area contributed by atoms with Crippen molar-refractivity contribution in [3.05, 3.63) is 77.7 Å². The van der Waals surface area contributed by atoms with E-state index in [1.54, 1.807) is 23.5 Å². The monoisotopic (exact) mass is 328 g/mol. The molecule has 1 aromatic heterocycles. The summed E-state index contributed by atoms with van der Waals surface area (Å²) in [6.45, 7) is 0. The molecule has 3 nitrogen and oxygen atoms in total. The van der Waals surface area contributed by atoms with Gasteiger partial charge in [0, 0.05) is 0 Å². The number of hydrogen-bond donors (Lipinski definition) is 0. The standard InChI is InChI=1S/C17H16N2OS2/c1-21-12-15-18-19-17(20-15)22-16(13-8-4-2-5-9-13)14-10-6-3-7-11-14/h2-11,16H,12H2,1H3. The Hall–Kier alpha value is -1.72. The third-order valence-electron chi connectivity index (χ3n) is 3.14. The summed E-state index contributed by atoms with van der Waals surface area (Å²) in [5.41, 5.74) is 2.45. The van der Waals surface area contributed by atoms with Crippen molar-refractivity contribution in [3.63, 3.8) is 0 Å². The van der Waals surface area contributed by atoms with Crippen molar-refractivity contribution >= 4 is 23.5 Å². The highest BCUT2D eigenvalue weighted by atomic mass is 32.2. The second-order valence-electron chi connectivity index (χ2n) is 4.71. The fourth-order valence-electron chi connectivity index (χ4n) is 2.15. The first-order chi connectivity index (χ1) is 10.9. The van der Waals surface area contributed by atoms with Gasteiger partial charge in [0.15, 0.2) is 0 Å². The second-order valence-corrected chi connectivity index (χ2v) is 6.64. The van der Waals surface area contributed by atoms with Crippen molar-refractivity contribution in [2.75, 3.05) is 6.26 Å². The average molecular weight is 328 g/mol. The van der Waals surface area contributed by atoms with Crippen molar-refractivity contribution < 1.29 is 4.42 Å². The minimum Gasteiger partial charge on any atom is -0.415 e. The van der Waals surface area contributed by atoms with Crippen molar-refractivity contribution in [1.82, 2.24) is 10.2 Å². The Morgan fingerprint density at radius 3 is 2.05 bits per heavy atom. The van der Waals surface area contributed by atoms with Crippen LogP contribution in [0.15, 0.2) is 70.3 Å². The zero-order valence-corrected chi connectivity index (χ0v) is 13.8. The second kappa shape index (κ2) is 7.51. The lowest BCUT2D eigenvalue weighted by Gasteiger charge is -2.15. The van der Waals surface area contributed by atoms with Crippen LogP contribution in [0.25, 0.3) is 0 Å². The topological polar surface area (TPSA) is 38.9 Å². The predicted molar refractivity (Wildman–Crippen MR) is 92.1 cm³/mol. The predicted octanol–water partition coefficient (Wildman–Crippen LogP) is 4.81. The van der Waals surface area contributed by atoms with Gasteiger partial charge in [-0.3, -0.25) is 0 Å². The molecule has 0 saturated carbocycles. The molecule has 5 heteroatoms. The molecular formula is C17H16N2OS2. The smallest absolute Gasteiger partial charge is 0.277 e. The molecule has 0 fully saturated rings. The molecule has 0 radical (unpaired) electrons. The zero-order valence-electron chi connectivity index (χ0n) is 12.2. The molecule has 0 N–H and O–H groups in total. The van der Waals surface area contributed by atoms with Crippen LogP contribution >= 0.6 is 23.5 Å². The number of benzene rings is 2.